The monoisotopic (exact) mass is 434 g/mol. The van der Waals surface area contributed by atoms with Crippen LogP contribution in [0.3, 0.4) is 0 Å². The van der Waals surface area contributed by atoms with E-state index in [0.717, 1.165) is 12.8 Å². The average molecular weight is 435 g/mol. The predicted molar refractivity (Wildman–Crippen MR) is 114 cm³/mol. The van der Waals surface area contributed by atoms with E-state index in [0.29, 0.717) is 29.6 Å². The van der Waals surface area contributed by atoms with Crippen LogP contribution in [0.25, 0.3) is 0 Å². The van der Waals surface area contributed by atoms with Gasteiger partial charge in [0, 0.05) is 11.4 Å². The Morgan fingerprint density at radius 3 is 2.33 bits per heavy atom. The van der Waals surface area contributed by atoms with Gasteiger partial charge in [0.25, 0.3) is 15.9 Å². The second-order valence-electron chi connectivity index (χ2n) is 7.11. The van der Waals surface area contributed by atoms with Gasteiger partial charge in [-0.05, 0) is 68.1 Å². The molecule has 1 atom stereocenters. The number of sulfonamides is 1. The molecule has 2 aromatic rings. The number of carbonyl (C=O) groups excluding carboxylic acids is 1. The van der Waals surface area contributed by atoms with Gasteiger partial charge in [0.05, 0.1) is 20.8 Å². The largest absolute Gasteiger partial charge is 0.497 e. The lowest BCUT2D eigenvalue weighted by molar-refractivity contribution is -0.126. The van der Waals surface area contributed by atoms with Gasteiger partial charge < -0.3 is 19.5 Å². The molecule has 0 bridgehead atoms. The summed E-state index contributed by atoms with van der Waals surface area (Å²) in [6.45, 7) is 2.23. The van der Waals surface area contributed by atoms with E-state index in [9.17, 15) is 13.2 Å². The SMILES string of the molecule is COc1ccc(NS(=O)(=O)c2cc(NC(=O)C(C)OCC3CC3)ccc2OC)cc1. The highest BCUT2D eigenvalue weighted by atomic mass is 32.2. The van der Waals surface area contributed by atoms with Crippen molar-refractivity contribution < 1.29 is 27.4 Å². The van der Waals surface area contributed by atoms with Crippen LogP contribution >= 0.6 is 0 Å². The molecule has 0 aromatic heterocycles. The van der Waals surface area contributed by atoms with Crippen molar-refractivity contribution in [3.05, 3.63) is 42.5 Å². The minimum atomic E-state index is -3.97. The van der Waals surface area contributed by atoms with Gasteiger partial charge in [0.1, 0.15) is 22.5 Å². The Hall–Kier alpha value is -2.78. The molecule has 8 nitrogen and oxygen atoms in total. The maximum atomic E-state index is 12.9. The molecule has 1 aliphatic carbocycles. The van der Waals surface area contributed by atoms with Crippen LogP contribution in [0.15, 0.2) is 47.4 Å². The highest BCUT2D eigenvalue weighted by molar-refractivity contribution is 7.92. The Labute approximate surface area is 176 Å². The predicted octanol–water partition coefficient (Wildman–Crippen LogP) is 3.26. The maximum Gasteiger partial charge on any atom is 0.265 e. The van der Waals surface area contributed by atoms with Gasteiger partial charge in [-0.2, -0.15) is 0 Å². The molecule has 0 spiro atoms. The van der Waals surface area contributed by atoms with Crippen LogP contribution in [-0.4, -0.2) is 41.3 Å². The highest BCUT2D eigenvalue weighted by Crippen LogP contribution is 2.30. The molecular weight excluding hydrogens is 408 g/mol. The molecular formula is C21H26N2O6S. The quantitative estimate of drug-likeness (QED) is 0.595. The van der Waals surface area contributed by atoms with Crippen LogP contribution in [0, 0.1) is 5.92 Å². The minimum Gasteiger partial charge on any atom is -0.497 e. The van der Waals surface area contributed by atoms with Gasteiger partial charge in [-0.1, -0.05) is 0 Å². The lowest BCUT2D eigenvalue weighted by Gasteiger charge is -2.16. The van der Waals surface area contributed by atoms with Crippen molar-refractivity contribution in [2.45, 2.75) is 30.8 Å². The molecule has 1 saturated carbocycles. The molecule has 1 amide bonds. The highest BCUT2D eigenvalue weighted by Gasteiger charge is 2.25. The summed E-state index contributed by atoms with van der Waals surface area (Å²) in [4.78, 5) is 12.3. The van der Waals surface area contributed by atoms with E-state index in [4.69, 9.17) is 14.2 Å². The molecule has 1 aliphatic rings. The Morgan fingerprint density at radius 2 is 1.73 bits per heavy atom. The zero-order valence-electron chi connectivity index (χ0n) is 17.2. The minimum absolute atomic E-state index is 0.0924. The fourth-order valence-corrected chi connectivity index (χ4v) is 3.97. The Morgan fingerprint density at radius 1 is 1.07 bits per heavy atom. The molecule has 1 fully saturated rings. The van der Waals surface area contributed by atoms with Gasteiger partial charge in [0.15, 0.2) is 0 Å². The van der Waals surface area contributed by atoms with Crippen LogP contribution < -0.4 is 19.5 Å². The summed E-state index contributed by atoms with van der Waals surface area (Å²) >= 11 is 0. The van der Waals surface area contributed by atoms with Gasteiger partial charge >= 0.3 is 0 Å². The molecule has 30 heavy (non-hydrogen) atoms. The first kappa shape index (κ1) is 21.9. The van der Waals surface area contributed by atoms with Crippen LogP contribution in [0.4, 0.5) is 11.4 Å². The summed E-state index contributed by atoms with van der Waals surface area (Å²) in [5.41, 5.74) is 0.701. The number of rotatable bonds is 10. The third-order valence-electron chi connectivity index (χ3n) is 4.71. The molecule has 0 aliphatic heterocycles. The molecule has 1 unspecified atom stereocenters. The van der Waals surface area contributed by atoms with Crippen molar-refractivity contribution in [1.82, 2.24) is 0 Å². The average Bonchev–Trinajstić information content (AvgIpc) is 3.56. The standard InChI is InChI=1S/C21H26N2O6S/c1-14(29-13-15-4-5-15)21(24)22-17-8-11-19(28-3)20(12-17)30(25,26)23-16-6-9-18(27-2)10-7-16/h6-12,14-15,23H,4-5,13H2,1-3H3,(H,22,24). The van der Waals surface area contributed by atoms with Crippen molar-refractivity contribution in [1.29, 1.82) is 0 Å². The van der Waals surface area contributed by atoms with Crippen LogP contribution in [-0.2, 0) is 19.6 Å². The number of benzene rings is 2. The number of ether oxygens (including phenoxy) is 3. The molecule has 0 radical (unpaired) electrons. The smallest absolute Gasteiger partial charge is 0.265 e. The molecule has 0 heterocycles. The van der Waals surface area contributed by atoms with Gasteiger partial charge in [-0.3, -0.25) is 9.52 Å². The van der Waals surface area contributed by atoms with Gasteiger partial charge in [-0.25, -0.2) is 8.42 Å². The van der Waals surface area contributed by atoms with Gasteiger partial charge in [0.2, 0.25) is 0 Å². The molecule has 9 heteroatoms. The number of hydrogen-bond donors (Lipinski definition) is 2. The van der Waals surface area contributed by atoms with E-state index in [2.05, 4.69) is 10.0 Å². The third-order valence-corrected chi connectivity index (χ3v) is 6.11. The molecule has 0 saturated heterocycles. The van der Waals surface area contributed by atoms with Crippen molar-refractivity contribution in [2.75, 3.05) is 30.9 Å². The van der Waals surface area contributed by atoms with E-state index in [1.807, 2.05) is 0 Å². The topological polar surface area (TPSA) is 103 Å². The van der Waals surface area contributed by atoms with E-state index in [-0.39, 0.29) is 16.6 Å². The molecule has 3 rings (SSSR count). The lowest BCUT2D eigenvalue weighted by atomic mass is 10.2. The summed E-state index contributed by atoms with van der Waals surface area (Å²) in [5, 5.41) is 2.70. The summed E-state index contributed by atoms with van der Waals surface area (Å²) in [7, 11) is -1.05. The summed E-state index contributed by atoms with van der Waals surface area (Å²) in [6, 6.07) is 10.9. The number of amides is 1. The number of carbonyl (C=O) groups is 1. The summed E-state index contributed by atoms with van der Waals surface area (Å²) < 4.78 is 44.2. The first-order valence-electron chi connectivity index (χ1n) is 9.59. The van der Waals surface area contributed by atoms with Crippen molar-refractivity contribution in [3.63, 3.8) is 0 Å². The maximum absolute atomic E-state index is 12.9. The van der Waals surface area contributed by atoms with E-state index in [1.54, 1.807) is 37.3 Å². The van der Waals surface area contributed by atoms with Crippen LogP contribution in [0.5, 0.6) is 11.5 Å². The van der Waals surface area contributed by atoms with Crippen LogP contribution in [0.1, 0.15) is 19.8 Å². The van der Waals surface area contributed by atoms with E-state index >= 15 is 0 Å². The van der Waals surface area contributed by atoms with Crippen LogP contribution in [0.2, 0.25) is 0 Å². The van der Waals surface area contributed by atoms with Gasteiger partial charge in [-0.15, -0.1) is 0 Å². The van der Waals surface area contributed by atoms with Crippen molar-refractivity contribution in [2.24, 2.45) is 5.92 Å². The summed E-state index contributed by atoms with van der Waals surface area (Å²) in [5.74, 6) is 0.972. The first-order chi connectivity index (χ1) is 14.3. The fourth-order valence-electron chi connectivity index (χ4n) is 2.72. The molecule has 2 N–H and O–H groups in total. The zero-order valence-corrected chi connectivity index (χ0v) is 18.0. The van der Waals surface area contributed by atoms with E-state index < -0.39 is 16.1 Å². The first-order valence-corrected chi connectivity index (χ1v) is 11.1. The molecule has 2 aromatic carbocycles. The number of nitrogens with one attached hydrogen (secondary N) is 2. The second-order valence-corrected chi connectivity index (χ2v) is 8.76. The Bertz CT molecular complexity index is 987. The summed E-state index contributed by atoms with van der Waals surface area (Å²) in [6.07, 6.45) is 1.63. The number of hydrogen-bond acceptors (Lipinski definition) is 6. The number of anilines is 2. The molecule has 162 valence electrons. The third kappa shape index (κ3) is 5.64. The number of methoxy groups -OCH3 is 2. The normalized spacial score (nSPS) is 14.6. The fraction of sp³-hybridized carbons (Fsp3) is 0.381. The Balaban J connectivity index is 1.75. The van der Waals surface area contributed by atoms with E-state index in [1.165, 1.54) is 26.4 Å². The van der Waals surface area contributed by atoms with Crippen molar-refractivity contribution in [3.8, 4) is 11.5 Å². The second kappa shape index (κ2) is 9.36. The zero-order chi connectivity index (χ0) is 21.7. The van der Waals surface area contributed by atoms with Crippen molar-refractivity contribution >= 4 is 27.3 Å². The lowest BCUT2D eigenvalue weighted by Crippen LogP contribution is -2.28. The Kier molecular flexibility index (Phi) is 6.84.